The molecule has 6 rings (SSSR count). The van der Waals surface area contributed by atoms with Crippen LogP contribution in [-0.2, 0) is 12.8 Å². The van der Waals surface area contributed by atoms with Crippen molar-refractivity contribution < 1.29 is 38.1 Å². The molecule has 8 heteroatoms. The van der Waals surface area contributed by atoms with E-state index in [4.69, 9.17) is 18.9 Å². The Morgan fingerprint density at radius 2 is 0.769 bits per heavy atom. The van der Waals surface area contributed by atoms with Gasteiger partial charge in [0.25, 0.3) is 0 Å². The Hall–Kier alpha value is -6.80. The maximum absolute atomic E-state index is 13.2. The van der Waals surface area contributed by atoms with Gasteiger partial charge in [0, 0.05) is 18.4 Å². The zero-order chi connectivity index (χ0) is 36.5. The van der Waals surface area contributed by atoms with Crippen molar-refractivity contribution in [1.29, 1.82) is 0 Å². The molecule has 0 saturated carbocycles. The third-order valence-electron chi connectivity index (χ3n) is 8.34. The lowest BCUT2D eigenvalue weighted by molar-refractivity contribution is 0.0719. The average Bonchev–Trinajstić information content (AvgIpc) is 3.17. The van der Waals surface area contributed by atoms with E-state index < -0.39 is 17.9 Å². The first-order chi connectivity index (χ1) is 25.3. The third kappa shape index (κ3) is 8.67. The third-order valence-corrected chi connectivity index (χ3v) is 8.34. The van der Waals surface area contributed by atoms with Gasteiger partial charge in [0.1, 0.15) is 23.0 Å². The fourth-order valence-corrected chi connectivity index (χ4v) is 5.48. The van der Waals surface area contributed by atoms with E-state index in [2.05, 4.69) is 0 Å². The van der Waals surface area contributed by atoms with Crippen LogP contribution in [0.3, 0.4) is 0 Å². The average molecular weight is 691 g/mol. The van der Waals surface area contributed by atoms with E-state index in [1.165, 1.54) is 31.2 Å². The highest BCUT2D eigenvalue weighted by atomic mass is 16.5. The second-order valence-corrected chi connectivity index (χ2v) is 11.9. The van der Waals surface area contributed by atoms with E-state index >= 15 is 0 Å². The molecule has 258 valence electrons. The topological polar surface area (TPSA) is 105 Å². The maximum Gasteiger partial charge on any atom is 0.343 e. The molecule has 0 amide bonds. The largest absolute Gasteiger partial charge is 0.497 e. The smallest absolute Gasteiger partial charge is 0.343 e. The fraction of sp³-hybridized carbons (Fsp3) is 0.0909. The van der Waals surface area contributed by atoms with Crippen molar-refractivity contribution >= 4 is 23.7 Å². The van der Waals surface area contributed by atoms with Crippen LogP contribution in [0.2, 0.25) is 0 Å². The fourth-order valence-electron chi connectivity index (χ4n) is 5.48. The number of ether oxygens (including phenoxy) is 4. The van der Waals surface area contributed by atoms with Crippen LogP contribution in [0.4, 0.5) is 0 Å². The zero-order valence-electron chi connectivity index (χ0n) is 28.5. The van der Waals surface area contributed by atoms with Gasteiger partial charge < -0.3 is 18.9 Å². The number of hydrogen-bond donors (Lipinski definition) is 0. The Labute approximate surface area is 301 Å². The van der Waals surface area contributed by atoms with Crippen molar-refractivity contribution in [3.05, 3.63) is 190 Å². The van der Waals surface area contributed by atoms with E-state index in [9.17, 15) is 19.2 Å². The molecule has 0 aliphatic rings. The van der Waals surface area contributed by atoms with Gasteiger partial charge in [0.05, 0.1) is 23.8 Å². The number of benzene rings is 6. The number of para-hydroxylation sites is 3. The van der Waals surface area contributed by atoms with E-state index in [0.717, 1.165) is 16.9 Å². The van der Waals surface area contributed by atoms with Crippen molar-refractivity contribution in [2.24, 2.45) is 0 Å². The number of carbonyl (C=O) groups excluding carboxylic acids is 4. The summed E-state index contributed by atoms with van der Waals surface area (Å²) in [6.07, 6.45) is 0.870. The second kappa shape index (κ2) is 16.3. The highest BCUT2D eigenvalue weighted by molar-refractivity contribution is 5.97. The van der Waals surface area contributed by atoms with Crippen molar-refractivity contribution in [3.63, 3.8) is 0 Å². The van der Waals surface area contributed by atoms with Gasteiger partial charge in [-0.2, -0.15) is 0 Å². The van der Waals surface area contributed by atoms with Crippen LogP contribution >= 0.6 is 0 Å². The van der Waals surface area contributed by atoms with Gasteiger partial charge in [-0.1, -0.05) is 78.9 Å². The van der Waals surface area contributed by atoms with E-state index in [-0.39, 0.29) is 16.9 Å². The van der Waals surface area contributed by atoms with Crippen LogP contribution < -0.4 is 18.9 Å². The van der Waals surface area contributed by atoms with Crippen LogP contribution in [0.15, 0.2) is 146 Å². The summed E-state index contributed by atoms with van der Waals surface area (Å²) in [5.41, 5.74) is 4.61. The molecule has 0 fully saturated rings. The number of Topliss-reactive ketones (excluding diaryl/α,β-unsaturated/α-hetero) is 1. The van der Waals surface area contributed by atoms with Crippen molar-refractivity contribution in [1.82, 2.24) is 0 Å². The van der Waals surface area contributed by atoms with Crippen molar-refractivity contribution in [2.45, 2.75) is 19.8 Å². The summed E-state index contributed by atoms with van der Waals surface area (Å²) in [5, 5.41) is 0. The van der Waals surface area contributed by atoms with Crippen LogP contribution in [-0.4, -0.2) is 30.8 Å². The minimum absolute atomic E-state index is 0.0962. The van der Waals surface area contributed by atoms with Crippen LogP contribution in [0.5, 0.6) is 23.0 Å². The molecule has 0 aliphatic heterocycles. The number of methoxy groups -OCH3 is 1. The number of rotatable bonds is 12. The molecule has 8 nitrogen and oxygen atoms in total. The summed E-state index contributed by atoms with van der Waals surface area (Å²) in [4.78, 5) is 50.9. The highest BCUT2D eigenvalue weighted by Gasteiger charge is 2.18. The molecular weight excluding hydrogens is 656 g/mol. The predicted octanol–water partition coefficient (Wildman–Crippen LogP) is 8.74. The summed E-state index contributed by atoms with van der Waals surface area (Å²) in [5.74, 6) is 0.0837. The lowest BCUT2D eigenvalue weighted by Crippen LogP contribution is -2.13. The number of carbonyl (C=O) groups is 4. The van der Waals surface area contributed by atoms with Crippen LogP contribution in [0.1, 0.15) is 70.6 Å². The standard InChI is InChI=1S/C44H34O8/c1-29(45)31-17-19-32(20-18-31)42(46)51-40-13-7-4-10-36(40)28-37-11-5-8-14-41(37)52-44(48)34-23-21-33(22-24-34)43(47)50-39-12-6-3-9-35(39)27-30-15-25-38(49-2)26-16-30/h3-26H,27-28H2,1-2H3. The summed E-state index contributed by atoms with van der Waals surface area (Å²) < 4.78 is 22.5. The molecule has 0 saturated heterocycles. The molecule has 0 radical (unpaired) electrons. The second-order valence-electron chi connectivity index (χ2n) is 11.9. The lowest BCUT2D eigenvalue weighted by Gasteiger charge is -2.13. The molecule has 0 aliphatic carbocycles. The molecule has 6 aromatic rings. The molecule has 0 aromatic heterocycles. The van der Waals surface area contributed by atoms with Crippen LogP contribution in [0.25, 0.3) is 0 Å². The first-order valence-corrected chi connectivity index (χ1v) is 16.5. The normalized spacial score (nSPS) is 10.6. The van der Waals surface area contributed by atoms with Crippen molar-refractivity contribution in [2.75, 3.05) is 7.11 Å². The summed E-state index contributed by atoms with van der Waals surface area (Å²) in [7, 11) is 1.62. The molecule has 6 aromatic carbocycles. The monoisotopic (exact) mass is 690 g/mol. The van der Waals surface area contributed by atoms with E-state index in [1.807, 2.05) is 60.7 Å². The quantitative estimate of drug-likeness (QED) is 0.0713. The lowest BCUT2D eigenvalue weighted by atomic mass is 10.0. The maximum atomic E-state index is 13.2. The van der Waals surface area contributed by atoms with Crippen LogP contribution in [0, 0.1) is 0 Å². The Morgan fingerprint density at radius 1 is 0.423 bits per heavy atom. The SMILES string of the molecule is COc1ccc(Cc2ccccc2OC(=O)c2ccc(C(=O)Oc3ccccc3Cc3ccccc3OC(=O)c3ccc(C(C)=O)cc3)cc2)cc1. The molecule has 0 unspecified atom stereocenters. The molecule has 0 heterocycles. The Kier molecular flexibility index (Phi) is 11.0. The van der Waals surface area contributed by atoms with E-state index in [1.54, 1.807) is 67.8 Å². The van der Waals surface area contributed by atoms with Gasteiger partial charge in [-0.25, -0.2) is 14.4 Å². The van der Waals surface area contributed by atoms with Gasteiger partial charge in [-0.05, 0) is 95.9 Å². The molecule has 0 bridgehead atoms. The zero-order valence-corrected chi connectivity index (χ0v) is 28.5. The molecule has 0 atom stereocenters. The molecular formula is C44H34O8. The van der Waals surface area contributed by atoms with Gasteiger partial charge in [0.2, 0.25) is 0 Å². The Morgan fingerprint density at radius 3 is 1.13 bits per heavy atom. The summed E-state index contributed by atoms with van der Waals surface area (Å²) in [6.45, 7) is 1.46. The highest BCUT2D eigenvalue weighted by Crippen LogP contribution is 2.28. The van der Waals surface area contributed by atoms with Gasteiger partial charge in [0.15, 0.2) is 5.78 Å². The van der Waals surface area contributed by atoms with Gasteiger partial charge >= 0.3 is 17.9 Å². The predicted molar refractivity (Wildman–Crippen MR) is 196 cm³/mol. The Bertz CT molecular complexity index is 2220. The minimum Gasteiger partial charge on any atom is -0.497 e. The first-order valence-electron chi connectivity index (χ1n) is 16.5. The summed E-state index contributed by atoms with van der Waals surface area (Å²) >= 11 is 0. The minimum atomic E-state index is -0.606. The molecule has 0 spiro atoms. The van der Waals surface area contributed by atoms with Gasteiger partial charge in [-0.3, -0.25) is 4.79 Å². The molecule has 0 N–H and O–H groups in total. The summed E-state index contributed by atoms with van der Waals surface area (Å²) in [6, 6.07) is 41.6. The number of ketones is 1. The first kappa shape index (κ1) is 35.0. The van der Waals surface area contributed by atoms with Crippen molar-refractivity contribution in [3.8, 4) is 23.0 Å². The van der Waals surface area contributed by atoms with E-state index in [0.29, 0.717) is 52.3 Å². The Balaban J connectivity index is 1.10. The van der Waals surface area contributed by atoms with Gasteiger partial charge in [-0.15, -0.1) is 0 Å². The number of hydrogen-bond acceptors (Lipinski definition) is 8. The molecule has 52 heavy (non-hydrogen) atoms. The number of esters is 3.